The van der Waals surface area contributed by atoms with E-state index in [1.807, 2.05) is 27.9 Å². The van der Waals surface area contributed by atoms with Crippen molar-refractivity contribution < 1.29 is 4.79 Å². The van der Waals surface area contributed by atoms with Crippen molar-refractivity contribution in [3.63, 3.8) is 0 Å². The van der Waals surface area contributed by atoms with Gasteiger partial charge in [-0.15, -0.1) is 0 Å². The van der Waals surface area contributed by atoms with Gasteiger partial charge in [-0.1, -0.05) is 13.8 Å². The van der Waals surface area contributed by atoms with Crippen molar-refractivity contribution in [2.45, 2.75) is 27.7 Å². The average molecular weight is 252 g/mol. The number of H-pyrrole nitrogens is 1. The molecule has 5 heteroatoms. The molecular weight excluding hydrogens is 228 g/mol. The van der Waals surface area contributed by atoms with Crippen molar-refractivity contribution in [1.29, 1.82) is 0 Å². The molecule has 1 aromatic heterocycles. The first kappa shape index (κ1) is 14.7. The molecule has 0 aliphatic carbocycles. The molecule has 102 valence electrons. The van der Waals surface area contributed by atoms with Crippen molar-refractivity contribution in [2.24, 2.45) is 5.41 Å². The SMILES string of the molecule is Cc1n[nH]c(C)c1C(=O)NCC(C)(C)CN(C)C. The van der Waals surface area contributed by atoms with Crippen molar-refractivity contribution in [2.75, 3.05) is 27.2 Å². The third-order valence-corrected chi connectivity index (χ3v) is 2.83. The second-order valence-corrected chi connectivity index (χ2v) is 5.89. The monoisotopic (exact) mass is 252 g/mol. The molecule has 0 unspecified atom stereocenters. The Morgan fingerprint density at radius 2 is 2.00 bits per heavy atom. The molecular formula is C13H24N4O. The lowest BCUT2D eigenvalue weighted by molar-refractivity contribution is 0.0928. The molecule has 1 rings (SSSR count). The molecule has 0 saturated carbocycles. The van der Waals surface area contributed by atoms with Gasteiger partial charge in [-0.05, 0) is 33.4 Å². The quantitative estimate of drug-likeness (QED) is 0.831. The Hall–Kier alpha value is -1.36. The van der Waals surface area contributed by atoms with Crippen molar-refractivity contribution in [3.05, 3.63) is 17.0 Å². The lowest BCUT2D eigenvalue weighted by Gasteiger charge is -2.28. The summed E-state index contributed by atoms with van der Waals surface area (Å²) in [5.41, 5.74) is 2.27. The number of aromatic amines is 1. The summed E-state index contributed by atoms with van der Waals surface area (Å²) < 4.78 is 0. The van der Waals surface area contributed by atoms with E-state index in [-0.39, 0.29) is 11.3 Å². The van der Waals surface area contributed by atoms with E-state index in [0.717, 1.165) is 17.9 Å². The first-order chi connectivity index (χ1) is 8.23. The number of aryl methyl sites for hydroxylation is 2. The molecule has 2 N–H and O–H groups in total. The molecule has 0 fully saturated rings. The molecule has 0 radical (unpaired) electrons. The van der Waals surface area contributed by atoms with Gasteiger partial charge in [-0.3, -0.25) is 9.89 Å². The number of nitrogens with one attached hydrogen (secondary N) is 2. The van der Waals surface area contributed by atoms with E-state index in [9.17, 15) is 4.79 Å². The van der Waals surface area contributed by atoms with Crippen LogP contribution in [-0.4, -0.2) is 48.2 Å². The minimum atomic E-state index is -0.0504. The van der Waals surface area contributed by atoms with E-state index in [1.54, 1.807) is 0 Å². The Morgan fingerprint density at radius 3 is 2.44 bits per heavy atom. The van der Waals surface area contributed by atoms with Crippen molar-refractivity contribution in [3.8, 4) is 0 Å². The zero-order valence-electron chi connectivity index (χ0n) is 12.2. The van der Waals surface area contributed by atoms with Crippen LogP contribution in [0.5, 0.6) is 0 Å². The lowest BCUT2D eigenvalue weighted by Crippen LogP contribution is -2.40. The lowest BCUT2D eigenvalue weighted by atomic mass is 9.93. The summed E-state index contributed by atoms with van der Waals surface area (Å²) in [6.45, 7) is 9.55. The number of hydrogen-bond donors (Lipinski definition) is 2. The highest BCUT2D eigenvalue weighted by Crippen LogP contribution is 2.15. The minimum Gasteiger partial charge on any atom is -0.351 e. The van der Waals surface area contributed by atoms with Gasteiger partial charge in [0.1, 0.15) is 0 Å². The molecule has 0 aromatic carbocycles. The molecule has 0 spiro atoms. The Bertz CT molecular complexity index is 401. The maximum atomic E-state index is 12.1. The molecule has 1 amide bonds. The van der Waals surface area contributed by atoms with Gasteiger partial charge in [0.25, 0.3) is 5.91 Å². The number of carbonyl (C=O) groups is 1. The van der Waals surface area contributed by atoms with Gasteiger partial charge >= 0.3 is 0 Å². The van der Waals surface area contributed by atoms with E-state index in [1.165, 1.54) is 0 Å². The first-order valence-electron chi connectivity index (χ1n) is 6.17. The topological polar surface area (TPSA) is 61.0 Å². The first-order valence-corrected chi connectivity index (χ1v) is 6.17. The largest absolute Gasteiger partial charge is 0.351 e. The molecule has 0 saturated heterocycles. The van der Waals surface area contributed by atoms with E-state index in [0.29, 0.717) is 12.1 Å². The van der Waals surface area contributed by atoms with Crippen LogP contribution in [0.25, 0.3) is 0 Å². The number of hydrogen-bond acceptors (Lipinski definition) is 3. The molecule has 5 nitrogen and oxygen atoms in total. The highest BCUT2D eigenvalue weighted by Gasteiger charge is 2.22. The molecule has 1 heterocycles. The third-order valence-electron chi connectivity index (χ3n) is 2.83. The summed E-state index contributed by atoms with van der Waals surface area (Å²) >= 11 is 0. The number of aromatic nitrogens is 2. The van der Waals surface area contributed by atoms with Crippen LogP contribution in [0, 0.1) is 19.3 Å². The predicted molar refractivity (Wildman–Crippen MR) is 72.7 cm³/mol. The molecule has 0 aliphatic rings. The summed E-state index contributed by atoms with van der Waals surface area (Å²) in [6.07, 6.45) is 0. The van der Waals surface area contributed by atoms with E-state index < -0.39 is 0 Å². The summed E-state index contributed by atoms with van der Waals surface area (Å²) in [7, 11) is 4.07. The molecule has 1 aromatic rings. The summed E-state index contributed by atoms with van der Waals surface area (Å²) in [5.74, 6) is -0.0504. The highest BCUT2D eigenvalue weighted by molar-refractivity contribution is 5.96. The summed E-state index contributed by atoms with van der Waals surface area (Å²) in [6, 6.07) is 0. The van der Waals surface area contributed by atoms with Crippen LogP contribution in [0.1, 0.15) is 35.6 Å². The van der Waals surface area contributed by atoms with Crippen LogP contribution in [0.2, 0.25) is 0 Å². The normalized spacial score (nSPS) is 11.9. The zero-order chi connectivity index (χ0) is 13.9. The van der Waals surface area contributed by atoms with E-state index >= 15 is 0 Å². The number of amides is 1. The Balaban J connectivity index is 2.62. The van der Waals surface area contributed by atoms with E-state index in [2.05, 4.69) is 34.3 Å². The van der Waals surface area contributed by atoms with Gasteiger partial charge in [0, 0.05) is 18.8 Å². The van der Waals surface area contributed by atoms with Gasteiger partial charge in [0.05, 0.1) is 11.3 Å². The highest BCUT2D eigenvalue weighted by atomic mass is 16.1. The standard InChI is InChI=1S/C13H24N4O/c1-9-11(10(2)16-15-9)12(18)14-7-13(3,4)8-17(5)6/h7-8H2,1-6H3,(H,14,18)(H,15,16). The van der Waals surface area contributed by atoms with Crippen LogP contribution in [0.15, 0.2) is 0 Å². The Morgan fingerprint density at radius 1 is 1.39 bits per heavy atom. The maximum Gasteiger partial charge on any atom is 0.255 e. The van der Waals surface area contributed by atoms with Crippen LogP contribution >= 0.6 is 0 Å². The van der Waals surface area contributed by atoms with Gasteiger partial charge in [0.15, 0.2) is 0 Å². The average Bonchev–Trinajstić information content (AvgIpc) is 2.53. The van der Waals surface area contributed by atoms with Crippen molar-refractivity contribution in [1.82, 2.24) is 20.4 Å². The van der Waals surface area contributed by atoms with Crippen LogP contribution in [0.4, 0.5) is 0 Å². The van der Waals surface area contributed by atoms with Gasteiger partial charge < -0.3 is 10.2 Å². The summed E-state index contributed by atoms with van der Waals surface area (Å²) in [5, 5.41) is 9.85. The molecule has 0 aliphatic heterocycles. The number of carbonyl (C=O) groups excluding carboxylic acids is 1. The Labute approximate surface area is 109 Å². The predicted octanol–water partition coefficient (Wildman–Crippen LogP) is 1.34. The molecule has 0 atom stereocenters. The van der Waals surface area contributed by atoms with Gasteiger partial charge in [0.2, 0.25) is 0 Å². The van der Waals surface area contributed by atoms with Crippen molar-refractivity contribution >= 4 is 5.91 Å². The van der Waals surface area contributed by atoms with Gasteiger partial charge in [-0.2, -0.15) is 5.10 Å². The van der Waals surface area contributed by atoms with E-state index in [4.69, 9.17) is 0 Å². The number of rotatable bonds is 5. The smallest absolute Gasteiger partial charge is 0.255 e. The van der Waals surface area contributed by atoms with Crippen LogP contribution in [0.3, 0.4) is 0 Å². The maximum absolute atomic E-state index is 12.1. The fourth-order valence-electron chi connectivity index (χ4n) is 2.21. The van der Waals surface area contributed by atoms with Crippen LogP contribution < -0.4 is 5.32 Å². The zero-order valence-corrected chi connectivity index (χ0v) is 12.2. The second-order valence-electron chi connectivity index (χ2n) is 5.89. The third kappa shape index (κ3) is 3.84. The summed E-state index contributed by atoms with van der Waals surface area (Å²) in [4.78, 5) is 14.2. The Kier molecular flexibility index (Phi) is 4.51. The second kappa shape index (κ2) is 5.52. The number of nitrogens with zero attached hydrogens (tertiary/aromatic N) is 2. The van der Waals surface area contributed by atoms with Crippen LogP contribution in [-0.2, 0) is 0 Å². The van der Waals surface area contributed by atoms with Gasteiger partial charge in [-0.25, -0.2) is 0 Å². The fraction of sp³-hybridized carbons (Fsp3) is 0.692. The molecule has 0 bridgehead atoms. The fourth-order valence-corrected chi connectivity index (χ4v) is 2.21. The minimum absolute atomic E-state index is 0.0463. The molecule has 18 heavy (non-hydrogen) atoms.